The lowest BCUT2D eigenvalue weighted by Crippen LogP contribution is -2.44. The molecule has 0 saturated carbocycles. The average Bonchev–Trinajstić information content (AvgIpc) is 3.01. The SMILES string of the molecule is CC(C)(C)[Si](C)(C)OC1CC(CO)N(C(=O)OCc2ccc([N+](=O)[O-])cc2)C1. The van der Waals surface area contributed by atoms with Gasteiger partial charge in [0.25, 0.3) is 5.69 Å². The van der Waals surface area contributed by atoms with E-state index in [1.54, 1.807) is 12.1 Å². The Kier molecular flexibility index (Phi) is 6.84. The molecule has 0 bridgehead atoms. The number of ether oxygens (including phenoxy) is 1. The van der Waals surface area contributed by atoms with E-state index in [9.17, 15) is 20.0 Å². The van der Waals surface area contributed by atoms with Crippen LogP contribution in [0.2, 0.25) is 18.1 Å². The van der Waals surface area contributed by atoms with Gasteiger partial charge in [-0.05, 0) is 42.2 Å². The minimum Gasteiger partial charge on any atom is -0.445 e. The molecule has 1 N–H and O–H groups in total. The summed E-state index contributed by atoms with van der Waals surface area (Å²) in [5, 5.41) is 20.4. The topological polar surface area (TPSA) is 102 Å². The van der Waals surface area contributed by atoms with Gasteiger partial charge in [0, 0.05) is 18.7 Å². The van der Waals surface area contributed by atoms with Crippen molar-refractivity contribution in [2.45, 2.75) is 64.1 Å². The summed E-state index contributed by atoms with van der Waals surface area (Å²) in [5.41, 5.74) is 0.647. The summed E-state index contributed by atoms with van der Waals surface area (Å²) < 4.78 is 11.7. The molecule has 9 heteroatoms. The molecule has 1 amide bonds. The van der Waals surface area contributed by atoms with Crippen molar-refractivity contribution in [1.29, 1.82) is 0 Å². The van der Waals surface area contributed by atoms with Crippen LogP contribution in [0.3, 0.4) is 0 Å². The van der Waals surface area contributed by atoms with E-state index >= 15 is 0 Å². The summed E-state index contributed by atoms with van der Waals surface area (Å²) >= 11 is 0. The largest absolute Gasteiger partial charge is 0.445 e. The van der Waals surface area contributed by atoms with E-state index in [0.717, 1.165) is 0 Å². The first-order valence-electron chi connectivity index (χ1n) is 9.40. The molecule has 0 radical (unpaired) electrons. The van der Waals surface area contributed by atoms with Crippen LogP contribution in [-0.4, -0.2) is 54.6 Å². The fourth-order valence-corrected chi connectivity index (χ4v) is 4.25. The first-order valence-corrected chi connectivity index (χ1v) is 12.3. The molecule has 0 aromatic heterocycles. The molecule has 1 aliphatic heterocycles. The highest BCUT2D eigenvalue weighted by Gasteiger charge is 2.43. The summed E-state index contributed by atoms with van der Waals surface area (Å²) in [4.78, 5) is 24.2. The summed E-state index contributed by atoms with van der Waals surface area (Å²) in [7, 11) is -1.98. The molecule has 8 nitrogen and oxygen atoms in total. The molecule has 0 aliphatic carbocycles. The predicted molar refractivity (Wildman–Crippen MR) is 108 cm³/mol. The standard InChI is InChI=1S/C19H30N2O6Si/c1-19(2,3)28(4,5)27-17-10-16(12-22)20(11-17)18(23)26-13-14-6-8-15(9-7-14)21(24)25/h6-9,16-17,22H,10-13H2,1-5H3. The number of nitro benzene ring substituents is 1. The highest BCUT2D eigenvalue weighted by molar-refractivity contribution is 6.74. The zero-order chi connectivity index (χ0) is 21.1. The van der Waals surface area contributed by atoms with Gasteiger partial charge in [0.2, 0.25) is 0 Å². The molecular weight excluding hydrogens is 380 g/mol. The van der Waals surface area contributed by atoms with Crippen molar-refractivity contribution in [1.82, 2.24) is 4.90 Å². The van der Waals surface area contributed by atoms with Crippen molar-refractivity contribution in [3.05, 3.63) is 39.9 Å². The summed E-state index contributed by atoms with van der Waals surface area (Å²) in [6.07, 6.45) is -0.0565. The van der Waals surface area contributed by atoms with E-state index in [0.29, 0.717) is 18.5 Å². The lowest BCUT2D eigenvalue weighted by atomic mass is 10.2. The highest BCUT2D eigenvalue weighted by atomic mass is 28.4. The number of likely N-dealkylation sites (tertiary alicyclic amines) is 1. The van der Waals surface area contributed by atoms with Gasteiger partial charge in [0.05, 0.1) is 23.7 Å². The van der Waals surface area contributed by atoms with E-state index in [-0.39, 0.29) is 36.1 Å². The molecule has 1 heterocycles. The van der Waals surface area contributed by atoms with Gasteiger partial charge in [-0.3, -0.25) is 10.1 Å². The normalized spacial score (nSPS) is 20.3. The molecule has 2 unspecified atom stereocenters. The zero-order valence-corrected chi connectivity index (χ0v) is 18.2. The Labute approximate surface area is 166 Å². The lowest BCUT2D eigenvalue weighted by Gasteiger charge is -2.38. The van der Waals surface area contributed by atoms with Crippen LogP contribution in [0.4, 0.5) is 10.5 Å². The summed E-state index contributed by atoms with van der Waals surface area (Å²) in [6.45, 7) is 11.1. The van der Waals surface area contributed by atoms with Crippen LogP contribution in [0.1, 0.15) is 32.8 Å². The number of nitrogens with zero attached hydrogens (tertiary/aromatic N) is 2. The van der Waals surface area contributed by atoms with Gasteiger partial charge in [-0.1, -0.05) is 20.8 Å². The number of hydrogen-bond donors (Lipinski definition) is 1. The number of benzene rings is 1. The Morgan fingerprint density at radius 3 is 2.43 bits per heavy atom. The first kappa shape index (κ1) is 22.3. The number of amides is 1. The maximum Gasteiger partial charge on any atom is 0.410 e. The number of aliphatic hydroxyl groups is 1. The molecule has 1 aliphatic rings. The predicted octanol–water partition coefficient (Wildman–Crippen LogP) is 3.69. The van der Waals surface area contributed by atoms with E-state index < -0.39 is 19.3 Å². The summed E-state index contributed by atoms with van der Waals surface area (Å²) in [6, 6.07) is 5.53. The number of aliphatic hydroxyl groups excluding tert-OH is 1. The molecule has 2 atom stereocenters. The third-order valence-corrected chi connectivity index (χ3v) is 10.1. The molecule has 1 aromatic carbocycles. The van der Waals surface area contributed by atoms with Crippen LogP contribution in [0, 0.1) is 10.1 Å². The minimum absolute atomic E-state index is 0.0131. The fraction of sp³-hybridized carbons (Fsp3) is 0.632. The van der Waals surface area contributed by atoms with Crippen LogP contribution in [0.15, 0.2) is 24.3 Å². The van der Waals surface area contributed by atoms with Crippen molar-refractivity contribution < 1.29 is 24.0 Å². The Balaban J connectivity index is 1.95. The van der Waals surface area contributed by atoms with Crippen LogP contribution in [0.25, 0.3) is 0 Å². The Bertz CT molecular complexity index is 701. The van der Waals surface area contributed by atoms with E-state index in [4.69, 9.17) is 9.16 Å². The van der Waals surface area contributed by atoms with E-state index in [1.165, 1.54) is 17.0 Å². The number of nitro groups is 1. The summed E-state index contributed by atoms with van der Waals surface area (Å²) in [5.74, 6) is 0. The van der Waals surface area contributed by atoms with Crippen molar-refractivity contribution >= 4 is 20.1 Å². The van der Waals surface area contributed by atoms with Crippen LogP contribution >= 0.6 is 0 Å². The van der Waals surface area contributed by atoms with Gasteiger partial charge in [-0.2, -0.15) is 0 Å². The third-order valence-electron chi connectivity index (χ3n) is 5.60. The van der Waals surface area contributed by atoms with Gasteiger partial charge in [0.15, 0.2) is 8.32 Å². The quantitative estimate of drug-likeness (QED) is 0.436. The maximum atomic E-state index is 12.5. The van der Waals surface area contributed by atoms with Crippen LogP contribution < -0.4 is 0 Å². The molecule has 1 saturated heterocycles. The smallest absolute Gasteiger partial charge is 0.410 e. The van der Waals surface area contributed by atoms with Gasteiger partial charge < -0.3 is 19.2 Å². The van der Waals surface area contributed by atoms with Gasteiger partial charge >= 0.3 is 6.09 Å². The first-order chi connectivity index (χ1) is 12.9. The molecule has 1 fully saturated rings. The number of rotatable bonds is 6. The third kappa shape index (κ3) is 5.30. The van der Waals surface area contributed by atoms with Crippen molar-refractivity contribution in [3.63, 3.8) is 0 Å². The molecule has 1 aromatic rings. The lowest BCUT2D eigenvalue weighted by molar-refractivity contribution is -0.384. The van der Waals surface area contributed by atoms with Gasteiger partial charge in [0.1, 0.15) is 6.61 Å². The highest BCUT2D eigenvalue weighted by Crippen LogP contribution is 2.39. The molecular formula is C19H30N2O6Si. The van der Waals surface area contributed by atoms with Gasteiger partial charge in [-0.25, -0.2) is 4.79 Å². The van der Waals surface area contributed by atoms with Crippen molar-refractivity contribution in [2.75, 3.05) is 13.2 Å². The minimum atomic E-state index is -1.98. The number of hydrogen-bond acceptors (Lipinski definition) is 6. The van der Waals surface area contributed by atoms with Gasteiger partial charge in [-0.15, -0.1) is 0 Å². The van der Waals surface area contributed by atoms with E-state index in [2.05, 4.69) is 33.9 Å². The molecule has 2 rings (SSSR count). The second-order valence-corrected chi connectivity index (χ2v) is 13.5. The van der Waals surface area contributed by atoms with Crippen LogP contribution in [0.5, 0.6) is 0 Å². The number of carbonyl (C=O) groups is 1. The second kappa shape index (κ2) is 8.58. The maximum absolute atomic E-state index is 12.5. The Morgan fingerprint density at radius 1 is 1.32 bits per heavy atom. The van der Waals surface area contributed by atoms with E-state index in [1.807, 2.05) is 0 Å². The number of non-ortho nitro benzene ring substituents is 1. The Hall–Kier alpha value is -1.97. The molecule has 156 valence electrons. The zero-order valence-electron chi connectivity index (χ0n) is 17.2. The monoisotopic (exact) mass is 410 g/mol. The van der Waals surface area contributed by atoms with Crippen molar-refractivity contribution in [2.24, 2.45) is 0 Å². The molecule has 28 heavy (non-hydrogen) atoms. The average molecular weight is 411 g/mol. The van der Waals surface area contributed by atoms with Crippen LogP contribution in [-0.2, 0) is 15.8 Å². The molecule has 0 spiro atoms. The fourth-order valence-electron chi connectivity index (χ4n) is 2.89. The number of carbonyl (C=O) groups excluding carboxylic acids is 1. The van der Waals surface area contributed by atoms with Crippen molar-refractivity contribution in [3.8, 4) is 0 Å². The second-order valence-electron chi connectivity index (χ2n) is 8.70. The Morgan fingerprint density at radius 2 is 1.93 bits per heavy atom.